The number of sulfone groups is 1. The molecule has 8 heteroatoms. The van der Waals surface area contributed by atoms with Gasteiger partial charge >= 0.3 is 5.97 Å². The molecule has 156 valence electrons. The monoisotopic (exact) mass is 426 g/mol. The Morgan fingerprint density at radius 2 is 1.63 bits per heavy atom. The number of carboxylic acids is 1. The summed E-state index contributed by atoms with van der Waals surface area (Å²) in [5, 5.41) is 12.0. The molecule has 2 aromatic carbocycles. The van der Waals surface area contributed by atoms with E-state index >= 15 is 0 Å². The van der Waals surface area contributed by atoms with Gasteiger partial charge in [-0.25, -0.2) is 13.2 Å². The minimum Gasteiger partial charge on any atom is -0.478 e. The first-order chi connectivity index (χ1) is 14.3. The van der Waals surface area contributed by atoms with E-state index < -0.39 is 15.8 Å². The van der Waals surface area contributed by atoms with E-state index in [2.05, 4.69) is 17.2 Å². The van der Waals surface area contributed by atoms with Crippen LogP contribution in [0.3, 0.4) is 0 Å². The Hall–Kier alpha value is -3.31. The first-order valence-corrected chi connectivity index (χ1v) is 11.3. The first-order valence-electron chi connectivity index (χ1n) is 9.52. The fourth-order valence-electron chi connectivity index (χ4n) is 3.02. The van der Waals surface area contributed by atoms with Gasteiger partial charge in [-0.15, -0.1) is 0 Å². The van der Waals surface area contributed by atoms with Crippen LogP contribution in [0.15, 0.2) is 42.5 Å². The number of rotatable bonds is 4. The normalized spacial score (nSPS) is 15.0. The van der Waals surface area contributed by atoms with E-state index in [1.807, 2.05) is 29.2 Å². The van der Waals surface area contributed by atoms with Crippen LogP contribution in [0.5, 0.6) is 0 Å². The number of carbonyl (C=O) groups is 2. The van der Waals surface area contributed by atoms with Crippen LogP contribution >= 0.6 is 0 Å². The molecule has 1 saturated heterocycles. The average molecular weight is 426 g/mol. The van der Waals surface area contributed by atoms with Gasteiger partial charge in [0, 0.05) is 36.3 Å². The highest BCUT2D eigenvalue weighted by molar-refractivity contribution is 7.91. The Bertz CT molecular complexity index is 1110. The lowest BCUT2D eigenvalue weighted by atomic mass is 10.1. The van der Waals surface area contributed by atoms with Crippen molar-refractivity contribution in [3.05, 3.63) is 59.2 Å². The van der Waals surface area contributed by atoms with Crippen molar-refractivity contribution in [2.45, 2.75) is 13.3 Å². The fourth-order valence-corrected chi connectivity index (χ4v) is 4.22. The third kappa shape index (κ3) is 5.39. The molecule has 0 aromatic heterocycles. The summed E-state index contributed by atoms with van der Waals surface area (Å²) >= 11 is 0. The summed E-state index contributed by atoms with van der Waals surface area (Å²) in [6.45, 7) is 2.65. The molecule has 30 heavy (non-hydrogen) atoms. The lowest BCUT2D eigenvalue weighted by molar-refractivity contribution is -0.115. The molecule has 3 rings (SSSR count). The van der Waals surface area contributed by atoms with E-state index in [0.717, 1.165) is 11.3 Å². The maximum atomic E-state index is 11.6. The number of nitrogens with one attached hydrogen (secondary N) is 1. The van der Waals surface area contributed by atoms with Crippen molar-refractivity contribution in [3.8, 4) is 11.8 Å². The second-order valence-corrected chi connectivity index (χ2v) is 9.21. The van der Waals surface area contributed by atoms with E-state index in [1.54, 1.807) is 13.0 Å². The SMILES string of the molecule is CCC(=O)Nc1ccc(C#Cc2ccc(N3CCS(=O)(=O)CC3)cc2)cc1C(=O)O. The number of hydrogen-bond donors (Lipinski definition) is 2. The molecular formula is C22H22N2O5S. The molecular weight excluding hydrogens is 404 g/mol. The number of aromatic carboxylic acids is 1. The van der Waals surface area contributed by atoms with Gasteiger partial charge in [0.1, 0.15) is 0 Å². The van der Waals surface area contributed by atoms with Crippen LogP contribution in [0.4, 0.5) is 11.4 Å². The zero-order valence-electron chi connectivity index (χ0n) is 16.5. The second kappa shape index (κ2) is 9.01. The summed E-state index contributed by atoms with van der Waals surface area (Å²) in [4.78, 5) is 25.1. The molecule has 0 atom stereocenters. The Labute approximate surface area is 175 Å². The van der Waals surface area contributed by atoms with Gasteiger partial charge in [0.2, 0.25) is 5.91 Å². The average Bonchev–Trinajstić information content (AvgIpc) is 2.73. The lowest BCUT2D eigenvalue weighted by Gasteiger charge is -2.28. The van der Waals surface area contributed by atoms with Gasteiger partial charge in [-0.1, -0.05) is 18.8 Å². The maximum absolute atomic E-state index is 11.6. The quantitative estimate of drug-likeness (QED) is 0.728. The van der Waals surface area contributed by atoms with Crippen molar-refractivity contribution in [1.29, 1.82) is 0 Å². The molecule has 7 nitrogen and oxygen atoms in total. The first kappa shape index (κ1) is 21.4. The van der Waals surface area contributed by atoms with Crippen LogP contribution in [0.25, 0.3) is 0 Å². The van der Waals surface area contributed by atoms with E-state index in [-0.39, 0.29) is 35.1 Å². The zero-order valence-corrected chi connectivity index (χ0v) is 17.3. The minimum absolute atomic E-state index is 0.0148. The summed E-state index contributed by atoms with van der Waals surface area (Å²) in [7, 11) is -2.92. The predicted octanol–water partition coefficient (Wildman–Crippen LogP) is 2.37. The van der Waals surface area contributed by atoms with Crippen molar-refractivity contribution in [2.24, 2.45) is 0 Å². The van der Waals surface area contributed by atoms with Gasteiger partial charge in [-0.05, 0) is 42.5 Å². The molecule has 1 aliphatic rings. The lowest BCUT2D eigenvalue weighted by Crippen LogP contribution is -2.40. The van der Waals surface area contributed by atoms with E-state index in [9.17, 15) is 23.1 Å². The van der Waals surface area contributed by atoms with Crippen LogP contribution in [-0.4, -0.2) is 50.0 Å². The van der Waals surface area contributed by atoms with Crippen molar-refractivity contribution in [1.82, 2.24) is 0 Å². The molecule has 1 heterocycles. The molecule has 1 fully saturated rings. The number of anilines is 2. The fraction of sp³-hybridized carbons (Fsp3) is 0.273. The predicted molar refractivity (Wildman–Crippen MR) is 116 cm³/mol. The zero-order chi connectivity index (χ0) is 21.7. The van der Waals surface area contributed by atoms with Crippen molar-refractivity contribution in [2.75, 3.05) is 34.8 Å². The van der Waals surface area contributed by atoms with Crippen LogP contribution in [0.1, 0.15) is 34.8 Å². The van der Waals surface area contributed by atoms with Crippen LogP contribution < -0.4 is 10.2 Å². The summed E-state index contributed by atoms with van der Waals surface area (Å²) < 4.78 is 23.1. The van der Waals surface area contributed by atoms with Crippen LogP contribution in [0, 0.1) is 11.8 Å². The van der Waals surface area contributed by atoms with Crippen LogP contribution in [-0.2, 0) is 14.6 Å². The Morgan fingerprint density at radius 3 is 2.23 bits per heavy atom. The van der Waals surface area contributed by atoms with Crippen molar-refractivity contribution >= 4 is 33.1 Å². The van der Waals surface area contributed by atoms with Gasteiger partial charge in [-0.3, -0.25) is 4.79 Å². The summed E-state index contributed by atoms with van der Waals surface area (Å²) in [6.07, 6.45) is 0.254. The highest BCUT2D eigenvalue weighted by Gasteiger charge is 2.21. The molecule has 1 aliphatic heterocycles. The Morgan fingerprint density at radius 1 is 1.03 bits per heavy atom. The number of amides is 1. The minimum atomic E-state index is -2.92. The van der Waals surface area contributed by atoms with Gasteiger partial charge in [0.05, 0.1) is 22.8 Å². The third-order valence-electron chi connectivity index (χ3n) is 4.77. The number of nitrogens with zero attached hydrogens (tertiary/aromatic N) is 1. The van der Waals surface area contributed by atoms with E-state index in [0.29, 0.717) is 18.7 Å². The molecule has 0 saturated carbocycles. The molecule has 2 aromatic rings. The largest absolute Gasteiger partial charge is 0.478 e. The summed E-state index contributed by atoms with van der Waals surface area (Å²) in [6, 6.07) is 12.1. The highest BCUT2D eigenvalue weighted by atomic mass is 32.2. The van der Waals surface area contributed by atoms with Gasteiger partial charge in [0.25, 0.3) is 0 Å². The molecule has 0 radical (unpaired) electrons. The molecule has 0 aliphatic carbocycles. The third-order valence-corrected chi connectivity index (χ3v) is 6.38. The number of carbonyl (C=O) groups excluding carboxylic acids is 1. The second-order valence-electron chi connectivity index (χ2n) is 6.90. The highest BCUT2D eigenvalue weighted by Crippen LogP contribution is 2.19. The molecule has 0 bridgehead atoms. The van der Waals surface area contributed by atoms with E-state index in [4.69, 9.17) is 0 Å². The maximum Gasteiger partial charge on any atom is 0.337 e. The summed E-state index contributed by atoms with van der Waals surface area (Å²) in [5.41, 5.74) is 2.45. The van der Waals surface area contributed by atoms with Crippen molar-refractivity contribution < 1.29 is 23.1 Å². The van der Waals surface area contributed by atoms with Crippen LogP contribution in [0.2, 0.25) is 0 Å². The van der Waals surface area contributed by atoms with Gasteiger partial charge < -0.3 is 15.3 Å². The Kier molecular flexibility index (Phi) is 6.43. The van der Waals surface area contributed by atoms with Crippen molar-refractivity contribution in [3.63, 3.8) is 0 Å². The number of carboxylic acid groups (broad SMARTS) is 1. The Balaban J connectivity index is 1.74. The number of benzene rings is 2. The molecule has 0 spiro atoms. The molecule has 2 N–H and O–H groups in total. The molecule has 0 unspecified atom stereocenters. The van der Waals surface area contributed by atoms with Gasteiger partial charge in [0.15, 0.2) is 9.84 Å². The topological polar surface area (TPSA) is 104 Å². The smallest absolute Gasteiger partial charge is 0.337 e. The molecule has 1 amide bonds. The number of hydrogen-bond acceptors (Lipinski definition) is 5. The standard InChI is InChI=1S/C22H22N2O5S/c1-2-21(25)23-20-10-7-17(15-19(20)22(26)27)4-3-16-5-8-18(9-6-16)24-11-13-30(28,29)14-12-24/h5-10,15H,2,11-14H2,1H3,(H,23,25)(H,26,27). The van der Waals surface area contributed by atoms with E-state index in [1.165, 1.54) is 12.1 Å². The van der Waals surface area contributed by atoms with Gasteiger partial charge in [-0.2, -0.15) is 0 Å². The summed E-state index contributed by atoms with van der Waals surface area (Å²) in [5.74, 6) is 4.86.